The van der Waals surface area contributed by atoms with Crippen molar-refractivity contribution in [3.63, 3.8) is 0 Å². The van der Waals surface area contributed by atoms with E-state index in [1.54, 1.807) is 12.1 Å². The zero-order valence-corrected chi connectivity index (χ0v) is 19.7. The van der Waals surface area contributed by atoms with Crippen LogP contribution >= 0.6 is 11.6 Å². The fourth-order valence-electron chi connectivity index (χ4n) is 3.95. The number of carbonyl (C=O) groups is 2. The Morgan fingerprint density at radius 1 is 0.917 bits per heavy atom. The molecule has 0 bridgehead atoms. The van der Waals surface area contributed by atoms with Crippen LogP contribution in [0.1, 0.15) is 27.3 Å². The molecule has 2 heterocycles. The summed E-state index contributed by atoms with van der Waals surface area (Å²) < 4.78 is 0. The number of hydrogen-bond donors (Lipinski definition) is 3. The molecule has 2 aromatic heterocycles. The number of benzene rings is 3. The zero-order chi connectivity index (χ0) is 25.1. The van der Waals surface area contributed by atoms with E-state index in [2.05, 4.69) is 15.3 Å². The van der Waals surface area contributed by atoms with E-state index in [9.17, 15) is 14.7 Å². The highest BCUT2D eigenvalue weighted by molar-refractivity contribution is 6.31. The summed E-state index contributed by atoms with van der Waals surface area (Å²) in [5.41, 5.74) is 4.29. The van der Waals surface area contributed by atoms with Gasteiger partial charge in [-0.25, -0.2) is 9.78 Å². The lowest BCUT2D eigenvalue weighted by Gasteiger charge is -2.04. The molecule has 5 aromatic rings. The SMILES string of the molecule is O=C(/C=C/c1c(C(=O)O)[nH]c2ccccc12)Nc1cccc(/C=C/c2ccc3ccc(Cl)cc3n2)c1. The lowest BCUT2D eigenvalue weighted by molar-refractivity contribution is -0.111. The van der Waals surface area contributed by atoms with Gasteiger partial charge in [0.05, 0.1) is 11.2 Å². The third kappa shape index (κ3) is 5.04. The molecule has 0 saturated heterocycles. The molecule has 7 heteroatoms. The van der Waals surface area contributed by atoms with Crippen LogP contribution in [0.4, 0.5) is 5.69 Å². The van der Waals surface area contributed by atoms with Crippen molar-refractivity contribution >= 4 is 69.2 Å². The monoisotopic (exact) mass is 493 g/mol. The summed E-state index contributed by atoms with van der Waals surface area (Å²) in [7, 11) is 0. The first-order chi connectivity index (χ1) is 17.5. The topological polar surface area (TPSA) is 95.1 Å². The van der Waals surface area contributed by atoms with E-state index in [4.69, 9.17) is 11.6 Å². The van der Waals surface area contributed by atoms with Gasteiger partial charge in [0, 0.05) is 38.6 Å². The van der Waals surface area contributed by atoms with Crippen molar-refractivity contribution < 1.29 is 14.7 Å². The van der Waals surface area contributed by atoms with Gasteiger partial charge in [0.1, 0.15) is 5.69 Å². The molecule has 0 radical (unpaired) electrons. The second-order valence-electron chi connectivity index (χ2n) is 8.12. The van der Waals surface area contributed by atoms with Gasteiger partial charge in [0.15, 0.2) is 0 Å². The molecule has 36 heavy (non-hydrogen) atoms. The standard InChI is InChI=1S/C29H20ClN3O3/c30-20-11-9-19-10-13-21(31-26(19)17-20)12-8-18-4-3-5-22(16-18)32-27(34)15-14-24-23-6-1-2-7-25(23)33-28(24)29(35)36/h1-17,33H,(H,32,34)(H,35,36)/b12-8+,15-14+. The predicted octanol–water partition coefficient (Wildman–Crippen LogP) is 6.89. The van der Waals surface area contributed by atoms with Crippen molar-refractivity contribution in [1.82, 2.24) is 9.97 Å². The fraction of sp³-hybridized carbons (Fsp3) is 0. The molecule has 0 spiro atoms. The van der Waals surface area contributed by atoms with E-state index in [-0.39, 0.29) is 11.6 Å². The molecule has 0 saturated carbocycles. The molecular formula is C29H20ClN3O3. The van der Waals surface area contributed by atoms with E-state index >= 15 is 0 Å². The first kappa shape index (κ1) is 23.1. The Morgan fingerprint density at radius 2 is 1.75 bits per heavy atom. The molecule has 0 aliphatic rings. The van der Waals surface area contributed by atoms with Crippen molar-refractivity contribution in [1.29, 1.82) is 0 Å². The number of hydrogen-bond acceptors (Lipinski definition) is 3. The third-order valence-corrected chi connectivity index (χ3v) is 5.87. The number of carbonyl (C=O) groups excluding carboxylic acids is 1. The number of carboxylic acids is 1. The third-order valence-electron chi connectivity index (χ3n) is 5.64. The van der Waals surface area contributed by atoms with Gasteiger partial charge in [-0.15, -0.1) is 0 Å². The van der Waals surface area contributed by atoms with Gasteiger partial charge < -0.3 is 15.4 Å². The summed E-state index contributed by atoms with van der Waals surface area (Å²) in [6.07, 6.45) is 6.65. The van der Waals surface area contributed by atoms with Crippen LogP contribution < -0.4 is 5.32 Å². The maximum absolute atomic E-state index is 12.6. The van der Waals surface area contributed by atoms with E-state index in [1.165, 1.54) is 12.2 Å². The first-order valence-electron chi connectivity index (χ1n) is 11.1. The Labute approximate surface area is 211 Å². The number of aromatic nitrogens is 2. The van der Waals surface area contributed by atoms with Crippen LogP contribution in [0.25, 0.3) is 40.0 Å². The van der Waals surface area contributed by atoms with Crippen molar-refractivity contribution in [2.24, 2.45) is 0 Å². The number of amides is 1. The van der Waals surface area contributed by atoms with Gasteiger partial charge in [-0.1, -0.05) is 60.1 Å². The van der Waals surface area contributed by atoms with Gasteiger partial charge in [0.2, 0.25) is 5.91 Å². The Morgan fingerprint density at radius 3 is 2.61 bits per heavy atom. The number of nitrogens with one attached hydrogen (secondary N) is 2. The number of aromatic carboxylic acids is 1. The maximum Gasteiger partial charge on any atom is 0.352 e. The van der Waals surface area contributed by atoms with E-state index in [1.807, 2.05) is 78.9 Å². The number of fused-ring (bicyclic) bond motifs is 2. The lowest BCUT2D eigenvalue weighted by atomic mass is 10.1. The summed E-state index contributed by atoms with van der Waals surface area (Å²) in [5, 5.41) is 14.7. The van der Waals surface area contributed by atoms with Gasteiger partial charge in [-0.05, 0) is 54.1 Å². The summed E-state index contributed by atoms with van der Waals surface area (Å²) >= 11 is 6.08. The lowest BCUT2D eigenvalue weighted by Crippen LogP contribution is -2.08. The van der Waals surface area contributed by atoms with E-state index < -0.39 is 5.97 Å². The van der Waals surface area contributed by atoms with Crippen LogP contribution in [0, 0.1) is 0 Å². The number of carboxylic acid groups (broad SMARTS) is 1. The van der Waals surface area contributed by atoms with Crippen molar-refractivity contribution in [3.05, 3.63) is 112 Å². The average Bonchev–Trinajstić information content (AvgIpc) is 3.25. The van der Waals surface area contributed by atoms with Crippen molar-refractivity contribution in [2.75, 3.05) is 5.32 Å². The molecule has 0 fully saturated rings. The molecule has 3 N–H and O–H groups in total. The van der Waals surface area contributed by atoms with Crippen molar-refractivity contribution in [3.8, 4) is 0 Å². The highest BCUT2D eigenvalue weighted by Gasteiger charge is 2.14. The molecular weight excluding hydrogens is 474 g/mol. The zero-order valence-electron chi connectivity index (χ0n) is 18.9. The number of aromatic amines is 1. The molecule has 1 amide bonds. The van der Waals surface area contributed by atoms with E-state index in [0.29, 0.717) is 21.8 Å². The molecule has 5 rings (SSSR count). The highest BCUT2D eigenvalue weighted by atomic mass is 35.5. The summed E-state index contributed by atoms with van der Waals surface area (Å²) in [5.74, 6) is -1.46. The minimum Gasteiger partial charge on any atom is -0.477 e. The minimum atomic E-state index is -1.09. The molecule has 0 atom stereocenters. The Balaban J connectivity index is 1.31. The number of pyridine rings is 1. The fourth-order valence-corrected chi connectivity index (χ4v) is 4.12. The molecule has 176 valence electrons. The summed E-state index contributed by atoms with van der Waals surface area (Å²) in [6, 6.07) is 24.1. The second-order valence-corrected chi connectivity index (χ2v) is 8.56. The maximum atomic E-state index is 12.6. The molecule has 0 unspecified atom stereocenters. The highest BCUT2D eigenvalue weighted by Crippen LogP contribution is 2.24. The number of anilines is 1. The van der Waals surface area contributed by atoms with Crippen molar-refractivity contribution in [2.45, 2.75) is 0 Å². The quantitative estimate of drug-likeness (QED) is 0.224. The van der Waals surface area contributed by atoms with Crippen LogP contribution in [0.15, 0.2) is 84.9 Å². The first-order valence-corrected chi connectivity index (χ1v) is 11.5. The van der Waals surface area contributed by atoms with Gasteiger partial charge in [0.25, 0.3) is 0 Å². The Bertz CT molecular complexity index is 1680. The van der Waals surface area contributed by atoms with E-state index in [0.717, 1.165) is 27.5 Å². The summed E-state index contributed by atoms with van der Waals surface area (Å²) in [6.45, 7) is 0. The van der Waals surface area contributed by atoms with Crippen LogP contribution in [-0.4, -0.2) is 27.0 Å². The van der Waals surface area contributed by atoms with Crippen LogP contribution in [0.5, 0.6) is 0 Å². The predicted molar refractivity (Wildman–Crippen MR) is 145 cm³/mol. The van der Waals surface area contributed by atoms with Gasteiger partial charge in [-0.3, -0.25) is 4.79 Å². The number of nitrogens with zero attached hydrogens (tertiary/aromatic N) is 1. The summed E-state index contributed by atoms with van der Waals surface area (Å²) in [4.78, 5) is 31.7. The minimum absolute atomic E-state index is 0.0388. The Hall–Kier alpha value is -4.68. The van der Waals surface area contributed by atoms with Crippen LogP contribution in [0.3, 0.4) is 0 Å². The number of rotatable bonds is 6. The molecule has 0 aliphatic heterocycles. The number of halogens is 1. The van der Waals surface area contributed by atoms with Crippen LogP contribution in [0.2, 0.25) is 5.02 Å². The molecule has 3 aromatic carbocycles. The van der Waals surface area contributed by atoms with Gasteiger partial charge in [-0.2, -0.15) is 0 Å². The molecule has 6 nitrogen and oxygen atoms in total. The average molecular weight is 494 g/mol. The second kappa shape index (κ2) is 9.90. The largest absolute Gasteiger partial charge is 0.477 e. The number of para-hydroxylation sites is 1. The smallest absolute Gasteiger partial charge is 0.352 e. The molecule has 0 aliphatic carbocycles. The van der Waals surface area contributed by atoms with Crippen LogP contribution in [-0.2, 0) is 4.79 Å². The van der Waals surface area contributed by atoms with Gasteiger partial charge >= 0.3 is 5.97 Å². The number of H-pyrrole nitrogens is 1. The Kier molecular flexibility index (Phi) is 6.34. The normalized spacial score (nSPS) is 11.6.